The molecule has 1 heteroatoms. The lowest BCUT2D eigenvalue weighted by Crippen LogP contribution is -2.28. The summed E-state index contributed by atoms with van der Waals surface area (Å²) in [7, 11) is 0. The quantitative estimate of drug-likeness (QED) is 0.165. The number of anilines is 3. The zero-order valence-electron chi connectivity index (χ0n) is 32.2. The third-order valence-electron chi connectivity index (χ3n) is 12.7. The molecule has 0 unspecified atom stereocenters. The molecule has 0 atom stereocenters. The van der Waals surface area contributed by atoms with E-state index in [0.717, 1.165) is 17.1 Å². The van der Waals surface area contributed by atoms with Gasteiger partial charge in [0.15, 0.2) is 0 Å². The van der Waals surface area contributed by atoms with Gasteiger partial charge in [0.05, 0.1) is 16.8 Å². The van der Waals surface area contributed by atoms with E-state index in [9.17, 15) is 0 Å². The Morgan fingerprint density at radius 3 is 1.58 bits per heavy atom. The smallest absolute Gasteiger partial charge is 0.0714 e. The maximum absolute atomic E-state index is 2.52. The highest BCUT2D eigenvalue weighted by Crippen LogP contribution is 2.58. The number of hydrogen-bond acceptors (Lipinski definition) is 1. The van der Waals surface area contributed by atoms with Gasteiger partial charge in [-0.15, -0.1) is 0 Å². The fraction of sp³-hybridized carbons (Fsp3) is 0.0714. The van der Waals surface area contributed by atoms with E-state index in [1.807, 2.05) is 0 Å². The number of nitrogens with zero attached hydrogens (tertiary/aromatic N) is 1. The third kappa shape index (κ3) is 4.82. The first-order valence-corrected chi connectivity index (χ1v) is 20.0. The van der Waals surface area contributed by atoms with Crippen LogP contribution >= 0.6 is 0 Å². The predicted octanol–water partition coefficient (Wildman–Crippen LogP) is 14.6. The Kier molecular flexibility index (Phi) is 7.50. The SMILES string of the molecule is CC1(C)c2ccccc2-c2cccc(-c3ccccc3N(c3ccc4c(c3)C(c3ccccc3)(c3ccccc3)c3ccccc3-4)c3cccc4ccccc34)c21. The standard InChI is InChI=1S/C56H41N/c1-55(2)49-31-14-11-27-44(49)47-29-18-30-48(54(47)55)46-28-13-16-33-53(46)57(52-34-17-20-38-19-9-10-25-42(38)52)41-35-36-45-43-26-12-15-32-50(43)56(51(45)37-41,39-21-5-3-6-22-39)40-23-7-4-8-24-40/h3-37H,1-2H3. The molecule has 2 aliphatic carbocycles. The van der Waals surface area contributed by atoms with E-state index >= 15 is 0 Å². The lowest BCUT2D eigenvalue weighted by molar-refractivity contribution is 0.662. The summed E-state index contributed by atoms with van der Waals surface area (Å²) in [6.45, 7) is 4.77. The van der Waals surface area contributed by atoms with Gasteiger partial charge in [0.2, 0.25) is 0 Å². The van der Waals surface area contributed by atoms with Gasteiger partial charge in [-0.2, -0.15) is 0 Å². The summed E-state index contributed by atoms with van der Waals surface area (Å²) >= 11 is 0. The van der Waals surface area contributed by atoms with E-state index in [2.05, 4.69) is 231 Å². The van der Waals surface area contributed by atoms with Crippen molar-refractivity contribution in [3.63, 3.8) is 0 Å². The average molecular weight is 728 g/mol. The van der Waals surface area contributed by atoms with Crippen LogP contribution in [0.2, 0.25) is 0 Å². The van der Waals surface area contributed by atoms with Crippen LogP contribution in [0, 0.1) is 0 Å². The monoisotopic (exact) mass is 727 g/mol. The van der Waals surface area contributed by atoms with Crippen LogP contribution in [0.3, 0.4) is 0 Å². The van der Waals surface area contributed by atoms with Crippen LogP contribution in [0.15, 0.2) is 212 Å². The van der Waals surface area contributed by atoms with E-state index < -0.39 is 5.41 Å². The molecule has 0 radical (unpaired) electrons. The fourth-order valence-corrected chi connectivity index (χ4v) is 10.4. The minimum Gasteiger partial charge on any atom is -0.309 e. The fourth-order valence-electron chi connectivity index (χ4n) is 10.4. The molecule has 2 aliphatic rings. The molecule has 9 aromatic rings. The Balaban J connectivity index is 1.21. The van der Waals surface area contributed by atoms with Crippen molar-refractivity contribution < 1.29 is 0 Å². The van der Waals surface area contributed by atoms with E-state index in [-0.39, 0.29) is 5.41 Å². The van der Waals surface area contributed by atoms with E-state index in [1.165, 1.54) is 77.5 Å². The van der Waals surface area contributed by atoms with Crippen LogP contribution in [-0.4, -0.2) is 0 Å². The van der Waals surface area contributed by atoms with Crippen molar-refractivity contribution in [2.75, 3.05) is 4.90 Å². The van der Waals surface area contributed by atoms with Crippen molar-refractivity contribution in [3.8, 4) is 33.4 Å². The second-order valence-electron chi connectivity index (χ2n) is 16.0. The summed E-state index contributed by atoms with van der Waals surface area (Å²) in [5, 5.41) is 2.42. The van der Waals surface area contributed by atoms with Gasteiger partial charge >= 0.3 is 0 Å². The number of fused-ring (bicyclic) bond motifs is 7. The van der Waals surface area contributed by atoms with Crippen molar-refractivity contribution in [1.82, 2.24) is 0 Å². The third-order valence-corrected chi connectivity index (χ3v) is 12.7. The summed E-state index contributed by atoms with van der Waals surface area (Å²) in [6.07, 6.45) is 0. The molecule has 0 saturated heterocycles. The average Bonchev–Trinajstić information content (AvgIpc) is 3.70. The van der Waals surface area contributed by atoms with Gasteiger partial charge < -0.3 is 4.90 Å². The Bertz CT molecular complexity index is 2950. The van der Waals surface area contributed by atoms with Crippen LogP contribution in [0.4, 0.5) is 17.1 Å². The molecule has 0 amide bonds. The van der Waals surface area contributed by atoms with Crippen molar-refractivity contribution in [1.29, 1.82) is 0 Å². The molecule has 270 valence electrons. The number of benzene rings is 9. The molecular weight excluding hydrogens is 687 g/mol. The molecule has 9 aromatic carbocycles. The largest absolute Gasteiger partial charge is 0.309 e. The second-order valence-corrected chi connectivity index (χ2v) is 16.0. The highest BCUT2D eigenvalue weighted by atomic mass is 15.1. The van der Waals surface area contributed by atoms with E-state index in [1.54, 1.807) is 0 Å². The topological polar surface area (TPSA) is 3.24 Å². The van der Waals surface area contributed by atoms with Crippen molar-refractivity contribution in [3.05, 3.63) is 246 Å². The first kappa shape index (κ1) is 33.4. The molecule has 57 heavy (non-hydrogen) atoms. The summed E-state index contributed by atoms with van der Waals surface area (Å²) in [5.74, 6) is 0. The van der Waals surface area contributed by atoms with Gasteiger partial charge in [-0.25, -0.2) is 0 Å². The van der Waals surface area contributed by atoms with Crippen LogP contribution < -0.4 is 4.90 Å². The molecule has 1 nitrogen and oxygen atoms in total. The Hall–Kier alpha value is -6.96. The normalized spacial score (nSPS) is 14.1. The molecule has 0 N–H and O–H groups in total. The first-order chi connectivity index (χ1) is 28.1. The molecule has 0 aliphatic heterocycles. The zero-order chi connectivity index (χ0) is 38.1. The molecule has 0 bridgehead atoms. The number of hydrogen-bond donors (Lipinski definition) is 0. The molecular formula is C56H41N. The highest BCUT2D eigenvalue weighted by molar-refractivity contribution is 6.02. The predicted molar refractivity (Wildman–Crippen MR) is 239 cm³/mol. The maximum atomic E-state index is 2.52. The molecule has 0 spiro atoms. The Labute approximate surface area is 335 Å². The number of rotatable bonds is 6. The summed E-state index contributed by atoms with van der Waals surface area (Å²) in [4.78, 5) is 2.52. The lowest BCUT2D eigenvalue weighted by Gasteiger charge is -2.35. The van der Waals surface area contributed by atoms with Crippen molar-refractivity contribution in [2.45, 2.75) is 24.7 Å². The second kappa shape index (κ2) is 12.8. The molecule has 0 saturated carbocycles. The van der Waals surface area contributed by atoms with Gasteiger partial charge in [-0.3, -0.25) is 0 Å². The van der Waals surface area contributed by atoms with Crippen LogP contribution in [0.5, 0.6) is 0 Å². The molecule has 0 fully saturated rings. The van der Waals surface area contributed by atoms with Crippen molar-refractivity contribution in [2.24, 2.45) is 0 Å². The van der Waals surface area contributed by atoms with Crippen LogP contribution in [0.1, 0.15) is 47.2 Å². The van der Waals surface area contributed by atoms with Crippen LogP contribution in [-0.2, 0) is 10.8 Å². The summed E-state index contributed by atoms with van der Waals surface area (Å²) in [6, 6.07) is 78.8. The molecule has 11 rings (SSSR count). The Morgan fingerprint density at radius 1 is 0.351 bits per heavy atom. The zero-order valence-corrected chi connectivity index (χ0v) is 32.2. The van der Waals surface area contributed by atoms with Gasteiger partial charge in [0.1, 0.15) is 0 Å². The van der Waals surface area contributed by atoms with Crippen LogP contribution in [0.25, 0.3) is 44.2 Å². The molecule has 0 heterocycles. The van der Waals surface area contributed by atoms with Crippen molar-refractivity contribution >= 4 is 27.8 Å². The van der Waals surface area contributed by atoms with Gasteiger partial charge in [0, 0.05) is 22.1 Å². The minimum atomic E-state index is -0.509. The number of para-hydroxylation sites is 1. The highest BCUT2D eigenvalue weighted by Gasteiger charge is 2.46. The maximum Gasteiger partial charge on any atom is 0.0714 e. The summed E-state index contributed by atoms with van der Waals surface area (Å²) in [5.41, 5.74) is 18.3. The van der Waals surface area contributed by atoms with Gasteiger partial charge in [0.25, 0.3) is 0 Å². The van der Waals surface area contributed by atoms with Gasteiger partial charge in [-0.1, -0.05) is 202 Å². The Morgan fingerprint density at radius 2 is 0.842 bits per heavy atom. The van der Waals surface area contributed by atoms with Gasteiger partial charge in [-0.05, 0) is 90.8 Å². The first-order valence-electron chi connectivity index (χ1n) is 20.0. The van der Waals surface area contributed by atoms with E-state index in [4.69, 9.17) is 0 Å². The van der Waals surface area contributed by atoms with E-state index in [0.29, 0.717) is 0 Å². The molecule has 0 aromatic heterocycles. The minimum absolute atomic E-state index is 0.162. The lowest BCUT2D eigenvalue weighted by atomic mass is 9.67. The summed E-state index contributed by atoms with van der Waals surface area (Å²) < 4.78 is 0.